The van der Waals surface area contributed by atoms with Gasteiger partial charge in [-0.25, -0.2) is 8.42 Å². The summed E-state index contributed by atoms with van der Waals surface area (Å²) in [5.41, 5.74) is 1.88. The van der Waals surface area contributed by atoms with Crippen LogP contribution in [0.15, 0.2) is 26.1 Å². The van der Waals surface area contributed by atoms with Crippen molar-refractivity contribution >= 4 is 70.2 Å². The average Bonchev–Trinajstić information content (AvgIpc) is 2.81. The average molecular weight is 482 g/mol. The van der Waals surface area contributed by atoms with Gasteiger partial charge in [-0.05, 0) is 56.5 Å². The number of thioether (sulfide) groups is 1. The number of aliphatic imine (C=N–C) groups is 1. The maximum absolute atomic E-state index is 12.0. The van der Waals surface area contributed by atoms with Gasteiger partial charge in [-0.2, -0.15) is 4.99 Å². The van der Waals surface area contributed by atoms with Gasteiger partial charge in [-0.15, -0.1) is 0 Å². The highest BCUT2D eigenvalue weighted by molar-refractivity contribution is 9.11. The lowest BCUT2D eigenvalue weighted by Crippen LogP contribution is -2.38. The van der Waals surface area contributed by atoms with Crippen LogP contribution in [0.5, 0.6) is 0 Å². The topological polar surface area (TPSA) is 66.8 Å². The quantitative estimate of drug-likeness (QED) is 0.616. The summed E-state index contributed by atoms with van der Waals surface area (Å²) in [6, 6.07) is 3.72. The van der Waals surface area contributed by atoms with Crippen molar-refractivity contribution in [3.8, 4) is 0 Å². The van der Waals surface area contributed by atoms with Crippen LogP contribution in [0.3, 0.4) is 0 Å². The number of rotatable bonds is 1. The third-order valence-electron chi connectivity index (χ3n) is 3.72. The van der Waals surface area contributed by atoms with Gasteiger partial charge in [0, 0.05) is 21.1 Å². The Balaban J connectivity index is 2.14. The molecule has 0 saturated carbocycles. The Morgan fingerprint density at radius 1 is 1.30 bits per heavy atom. The number of hydrogen-bond acceptors (Lipinski definition) is 4. The zero-order chi connectivity index (χ0) is 16.9. The summed E-state index contributed by atoms with van der Waals surface area (Å²) in [7, 11) is -3.07. The molecule has 2 heterocycles. The van der Waals surface area contributed by atoms with Gasteiger partial charge in [-0.1, -0.05) is 11.8 Å². The van der Waals surface area contributed by atoms with Gasteiger partial charge in [0.2, 0.25) is 5.91 Å². The van der Waals surface area contributed by atoms with E-state index in [1.165, 1.54) is 18.7 Å². The molecule has 0 aromatic heterocycles. The largest absolute Gasteiger partial charge is 0.313 e. The molecule has 1 amide bonds. The summed E-state index contributed by atoms with van der Waals surface area (Å²) in [4.78, 5) is 17.5. The maximum atomic E-state index is 12.0. The molecule has 5 nitrogen and oxygen atoms in total. The van der Waals surface area contributed by atoms with Crippen molar-refractivity contribution in [3.05, 3.63) is 26.6 Å². The fourth-order valence-corrected chi connectivity index (χ4v) is 8.62. The van der Waals surface area contributed by atoms with Crippen LogP contribution >= 0.6 is 43.6 Å². The lowest BCUT2D eigenvalue weighted by atomic mass is 10.1. The van der Waals surface area contributed by atoms with Gasteiger partial charge in [-0.3, -0.25) is 4.79 Å². The normalized spacial score (nSPS) is 27.5. The minimum absolute atomic E-state index is 0.0777. The molecule has 1 aromatic rings. The number of carbonyl (C=O) groups excluding carboxylic acids is 1. The summed E-state index contributed by atoms with van der Waals surface area (Å²) < 4.78 is 25.7. The molecule has 1 aromatic carbocycles. The molecular weight excluding hydrogens is 468 g/mol. The number of hydrogen-bond donors (Lipinski definition) is 0. The van der Waals surface area contributed by atoms with Crippen molar-refractivity contribution in [2.45, 2.75) is 25.1 Å². The third kappa shape index (κ3) is 3.38. The summed E-state index contributed by atoms with van der Waals surface area (Å²) in [5.74, 6) is -0.0923. The van der Waals surface area contributed by atoms with E-state index >= 15 is 0 Å². The van der Waals surface area contributed by atoms with E-state index in [4.69, 9.17) is 0 Å². The molecule has 2 fully saturated rings. The highest BCUT2D eigenvalue weighted by Crippen LogP contribution is 2.46. The van der Waals surface area contributed by atoms with Crippen LogP contribution in [0.1, 0.15) is 12.5 Å². The van der Waals surface area contributed by atoms with Crippen LogP contribution in [-0.4, -0.2) is 42.3 Å². The fourth-order valence-electron chi connectivity index (χ4n) is 2.88. The van der Waals surface area contributed by atoms with E-state index in [1.54, 1.807) is 0 Å². The van der Waals surface area contributed by atoms with Gasteiger partial charge in [0.1, 0.15) is 0 Å². The van der Waals surface area contributed by atoms with E-state index in [0.717, 1.165) is 20.2 Å². The van der Waals surface area contributed by atoms with Gasteiger partial charge >= 0.3 is 0 Å². The van der Waals surface area contributed by atoms with E-state index in [1.807, 2.05) is 24.0 Å². The molecule has 2 aliphatic rings. The van der Waals surface area contributed by atoms with E-state index in [-0.39, 0.29) is 28.7 Å². The molecule has 9 heteroatoms. The SMILES string of the molecule is CC(=O)N=C1S[C@H]2CS(=O)(=O)C[C@@H]2N1c1c(Br)cc(C)cc1Br. The zero-order valence-corrected chi connectivity index (χ0v) is 17.2. The summed E-state index contributed by atoms with van der Waals surface area (Å²) >= 11 is 8.48. The van der Waals surface area contributed by atoms with Crippen molar-refractivity contribution in [2.24, 2.45) is 4.99 Å². The third-order valence-corrected chi connectivity index (χ3v) is 8.14. The predicted octanol–water partition coefficient (Wildman–Crippen LogP) is 3.14. The van der Waals surface area contributed by atoms with Crippen molar-refractivity contribution in [1.29, 1.82) is 0 Å². The molecule has 0 N–H and O–H groups in total. The molecule has 2 saturated heterocycles. The summed E-state index contributed by atoms with van der Waals surface area (Å²) in [6.45, 7) is 3.38. The predicted molar refractivity (Wildman–Crippen MR) is 101 cm³/mol. The molecule has 0 bridgehead atoms. The van der Waals surface area contributed by atoms with Gasteiger partial charge in [0.15, 0.2) is 15.0 Å². The second-order valence-corrected chi connectivity index (χ2v) is 10.7. The molecule has 0 spiro atoms. The van der Waals surface area contributed by atoms with Crippen LogP contribution < -0.4 is 4.90 Å². The molecule has 0 aliphatic carbocycles. The summed E-state index contributed by atoms with van der Waals surface area (Å²) in [5, 5.41) is 0.464. The van der Waals surface area contributed by atoms with Gasteiger partial charge in [0.05, 0.1) is 23.2 Å². The lowest BCUT2D eigenvalue weighted by molar-refractivity contribution is -0.115. The van der Waals surface area contributed by atoms with Gasteiger partial charge < -0.3 is 4.90 Å². The molecule has 2 atom stereocenters. The molecule has 124 valence electrons. The first-order valence-corrected chi connectivity index (χ1v) is 11.2. The number of carbonyl (C=O) groups is 1. The Morgan fingerprint density at radius 2 is 1.91 bits per heavy atom. The second kappa shape index (κ2) is 6.16. The van der Waals surface area contributed by atoms with Crippen LogP contribution in [0, 0.1) is 6.92 Å². The number of aryl methyl sites for hydroxylation is 1. The molecule has 23 heavy (non-hydrogen) atoms. The molecular formula is C14H14Br2N2O3S2. The Morgan fingerprint density at radius 3 is 2.48 bits per heavy atom. The Labute approximate surface area is 156 Å². The first-order chi connectivity index (χ1) is 10.7. The Hall–Kier alpha value is -0.380. The number of anilines is 1. The number of amidine groups is 1. The van der Waals surface area contributed by atoms with Crippen LogP contribution in [0.4, 0.5) is 5.69 Å². The second-order valence-electron chi connectivity index (χ2n) is 5.66. The Kier molecular flexibility index (Phi) is 4.67. The highest BCUT2D eigenvalue weighted by atomic mass is 79.9. The number of amides is 1. The highest BCUT2D eigenvalue weighted by Gasteiger charge is 2.50. The maximum Gasteiger partial charge on any atom is 0.244 e. The van der Waals surface area contributed by atoms with Crippen molar-refractivity contribution in [3.63, 3.8) is 0 Å². The number of sulfone groups is 1. The number of nitrogens with zero attached hydrogens (tertiary/aromatic N) is 2. The van der Waals surface area contributed by atoms with Gasteiger partial charge in [0.25, 0.3) is 0 Å². The van der Waals surface area contributed by atoms with Crippen LogP contribution in [0.2, 0.25) is 0 Å². The number of benzene rings is 1. The lowest BCUT2D eigenvalue weighted by Gasteiger charge is -2.27. The van der Waals surface area contributed by atoms with E-state index in [2.05, 4.69) is 36.9 Å². The van der Waals surface area contributed by atoms with Crippen molar-refractivity contribution in [1.82, 2.24) is 0 Å². The minimum atomic E-state index is -3.07. The molecule has 0 radical (unpaired) electrons. The van der Waals surface area contributed by atoms with Crippen molar-refractivity contribution in [2.75, 3.05) is 16.4 Å². The van der Waals surface area contributed by atoms with E-state index in [9.17, 15) is 13.2 Å². The number of halogens is 2. The first kappa shape index (κ1) is 17.4. The Bertz CT molecular complexity index is 800. The van der Waals surface area contributed by atoms with E-state index in [0.29, 0.717) is 5.17 Å². The van der Waals surface area contributed by atoms with Crippen LogP contribution in [0.25, 0.3) is 0 Å². The first-order valence-electron chi connectivity index (χ1n) is 6.89. The minimum Gasteiger partial charge on any atom is -0.313 e. The molecule has 0 unspecified atom stereocenters. The molecule has 2 aliphatic heterocycles. The monoisotopic (exact) mass is 480 g/mol. The fraction of sp³-hybridized carbons (Fsp3) is 0.429. The van der Waals surface area contributed by atoms with E-state index < -0.39 is 9.84 Å². The molecule has 3 rings (SSSR count). The van der Waals surface area contributed by atoms with Crippen molar-refractivity contribution < 1.29 is 13.2 Å². The summed E-state index contributed by atoms with van der Waals surface area (Å²) in [6.07, 6.45) is 0. The zero-order valence-electron chi connectivity index (χ0n) is 12.4. The standard InChI is InChI=1S/C14H14Br2N2O3S2/c1-7-3-9(15)13(10(16)4-7)18-11-5-23(20,21)6-12(11)22-14(18)17-8(2)19/h3-4,11-12H,5-6H2,1-2H3/t11-,12-/m0/s1. The smallest absolute Gasteiger partial charge is 0.244 e. The van der Waals surface area contributed by atoms with Crippen LogP contribution in [-0.2, 0) is 14.6 Å². The number of fused-ring (bicyclic) bond motifs is 1.